The van der Waals surface area contributed by atoms with Gasteiger partial charge in [0.05, 0.1) is 12.6 Å². The van der Waals surface area contributed by atoms with E-state index in [1.807, 2.05) is 42.8 Å². The van der Waals surface area contributed by atoms with E-state index in [0.717, 1.165) is 26.2 Å². The Kier molecular flexibility index (Phi) is 5.38. The molecule has 0 saturated carbocycles. The van der Waals surface area contributed by atoms with Crippen molar-refractivity contribution in [2.45, 2.75) is 20.0 Å². The summed E-state index contributed by atoms with van der Waals surface area (Å²) in [5, 5.41) is 3.25. The fraction of sp³-hybridized carbons (Fsp3) is 0.600. The molecule has 2 rings (SSSR count). The Hall–Kier alpha value is -1.82. The van der Waals surface area contributed by atoms with Gasteiger partial charge in [0.2, 0.25) is 5.91 Å². The van der Waals surface area contributed by atoms with Crippen molar-refractivity contribution in [1.82, 2.24) is 15.2 Å². The van der Waals surface area contributed by atoms with Crippen molar-refractivity contribution in [3.63, 3.8) is 0 Å². The van der Waals surface area contributed by atoms with E-state index in [0.29, 0.717) is 18.1 Å². The third-order valence-corrected chi connectivity index (χ3v) is 3.32. The second-order valence-electron chi connectivity index (χ2n) is 5.48. The molecule has 1 N–H and O–H groups in total. The lowest BCUT2D eigenvalue weighted by molar-refractivity contribution is -0.130. The van der Waals surface area contributed by atoms with E-state index in [-0.39, 0.29) is 12.0 Å². The molecule has 0 unspecified atom stereocenters. The lowest BCUT2D eigenvalue weighted by Crippen LogP contribution is -2.49. The van der Waals surface area contributed by atoms with E-state index in [4.69, 9.17) is 4.74 Å². The van der Waals surface area contributed by atoms with Crippen LogP contribution in [0.15, 0.2) is 18.3 Å². The van der Waals surface area contributed by atoms with Crippen molar-refractivity contribution in [3.8, 4) is 5.75 Å². The normalized spacial score (nSPS) is 15.1. The van der Waals surface area contributed by atoms with Crippen LogP contribution in [0.5, 0.6) is 5.75 Å². The molecule has 0 aromatic carbocycles. The third kappa shape index (κ3) is 4.32. The van der Waals surface area contributed by atoms with E-state index < -0.39 is 0 Å². The average molecular weight is 292 g/mol. The van der Waals surface area contributed by atoms with Crippen LogP contribution in [0.2, 0.25) is 0 Å². The molecule has 1 fully saturated rings. The average Bonchev–Trinajstić information content (AvgIpc) is 2.48. The molecule has 0 radical (unpaired) electrons. The van der Waals surface area contributed by atoms with E-state index in [9.17, 15) is 4.79 Å². The largest absolute Gasteiger partial charge is 0.487 e. The van der Waals surface area contributed by atoms with Crippen molar-refractivity contribution < 1.29 is 9.53 Å². The highest BCUT2D eigenvalue weighted by molar-refractivity contribution is 5.81. The first kappa shape index (κ1) is 15.6. The Labute approximate surface area is 126 Å². The maximum absolute atomic E-state index is 12.3. The summed E-state index contributed by atoms with van der Waals surface area (Å²) in [5.74, 6) is 1.54. The first-order valence-corrected chi connectivity index (χ1v) is 7.39. The van der Waals surface area contributed by atoms with Gasteiger partial charge in [-0.1, -0.05) is 0 Å². The van der Waals surface area contributed by atoms with Gasteiger partial charge in [0.15, 0.2) is 11.6 Å². The molecule has 1 saturated heterocycles. The first-order chi connectivity index (χ1) is 10.1. The van der Waals surface area contributed by atoms with Crippen LogP contribution in [-0.2, 0) is 4.79 Å². The third-order valence-electron chi connectivity index (χ3n) is 3.32. The van der Waals surface area contributed by atoms with Crippen molar-refractivity contribution in [2.75, 3.05) is 44.7 Å². The number of hydrogen-bond donors (Lipinski definition) is 1. The molecule has 2 heterocycles. The van der Waals surface area contributed by atoms with Crippen LogP contribution in [0.25, 0.3) is 0 Å². The Morgan fingerprint density at radius 2 is 2.19 bits per heavy atom. The molecule has 0 bridgehead atoms. The van der Waals surface area contributed by atoms with Gasteiger partial charge < -0.3 is 19.9 Å². The van der Waals surface area contributed by atoms with Crippen LogP contribution in [0.1, 0.15) is 13.8 Å². The predicted octanol–water partition coefficient (Wildman–Crippen LogP) is 0.737. The number of pyridine rings is 1. The number of carbonyl (C=O) groups excluding carboxylic acids is 1. The minimum Gasteiger partial charge on any atom is -0.487 e. The molecule has 1 aliphatic heterocycles. The number of ether oxygens (including phenoxy) is 1. The summed E-state index contributed by atoms with van der Waals surface area (Å²) >= 11 is 0. The number of nitrogens with one attached hydrogen (secondary N) is 1. The molecule has 6 heteroatoms. The predicted molar refractivity (Wildman–Crippen MR) is 82.7 cm³/mol. The van der Waals surface area contributed by atoms with Gasteiger partial charge in [-0.2, -0.15) is 0 Å². The molecule has 1 aliphatic rings. The number of carbonyl (C=O) groups is 1. The van der Waals surface area contributed by atoms with E-state index in [1.54, 1.807) is 6.20 Å². The number of amides is 1. The molecule has 116 valence electrons. The number of rotatable bonds is 5. The fourth-order valence-electron chi connectivity index (χ4n) is 2.31. The maximum atomic E-state index is 12.3. The zero-order valence-electron chi connectivity index (χ0n) is 13.0. The quantitative estimate of drug-likeness (QED) is 0.867. The molecule has 21 heavy (non-hydrogen) atoms. The van der Waals surface area contributed by atoms with Crippen molar-refractivity contribution in [3.05, 3.63) is 18.3 Å². The van der Waals surface area contributed by atoms with Crippen molar-refractivity contribution in [2.24, 2.45) is 0 Å². The first-order valence-electron chi connectivity index (χ1n) is 7.39. The van der Waals surface area contributed by atoms with Crippen LogP contribution in [0.4, 0.5) is 5.82 Å². The highest BCUT2D eigenvalue weighted by Crippen LogP contribution is 2.25. The van der Waals surface area contributed by atoms with Gasteiger partial charge >= 0.3 is 0 Å². The van der Waals surface area contributed by atoms with Gasteiger partial charge in [0.1, 0.15) is 0 Å². The zero-order chi connectivity index (χ0) is 15.2. The molecular formula is C15H24N4O2. The van der Waals surface area contributed by atoms with Crippen LogP contribution in [0, 0.1) is 0 Å². The van der Waals surface area contributed by atoms with Crippen LogP contribution < -0.4 is 15.0 Å². The van der Waals surface area contributed by atoms with E-state index in [1.165, 1.54) is 0 Å². The van der Waals surface area contributed by atoms with E-state index in [2.05, 4.69) is 10.3 Å². The SMILES string of the molecule is CC(C)Oc1cccnc1N(C)CC(=O)N1CCNCC1. The van der Waals surface area contributed by atoms with Gasteiger partial charge in [-0.05, 0) is 26.0 Å². The summed E-state index contributed by atoms with van der Waals surface area (Å²) in [6.07, 6.45) is 1.79. The second-order valence-corrected chi connectivity index (χ2v) is 5.48. The molecule has 1 aromatic rings. The molecule has 6 nitrogen and oxygen atoms in total. The summed E-state index contributed by atoms with van der Waals surface area (Å²) in [6, 6.07) is 3.72. The summed E-state index contributed by atoms with van der Waals surface area (Å²) < 4.78 is 5.75. The van der Waals surface area contributed by atoms with Crippen LogP contribution in [0.3, 0.4) is 0 Å². The standard InChI is InChI=1S/C15H24N4O2/c1-12(2)21-13-5-4-6-17-15(13)18(3)11-14(20)19-9-7-16-8-10-19/h4-6,12,16H,7-11H2,1-3H3. The van der Waals surface area contributed by atoms with Gasteiger partial charge in [0.25, 0.3) is 0 Å². The second kappa shape index (κ2) is 7.26. The molecule has 0 aliphatic carbocycles. The molecule has 1 aromatic heterocycles. The Bertz CT molecular complexity index is 472. The Balaban J connectivity index is 2.02. The van der Waals surface area contributed by atoms with Gasteiger partial charge in [0, 0.05) is 39.4 Å². The minimum absolute atomic E-state index is 0.0743. The Morgan fingerprint density at radius 3 is 2.86 bits per heavy atom. The number of likely N-dealkylation sites (N-methyl/N-ethyl adjacent to an activating group) is 1. The number of hydrogen-bond acceptors (Lipinski definition) is 5. The highest BCUT2D eigenvalue weighted by Gasteiger charge is 2.20. The summed E-state index contributed by atoms with van der Waals surface area (Å²) in [6.45, 7) is 7.52. The van der Waals surface area contributed by atoms with E-state index >= 15 is 0 Å². The number of aromatic nitrogens is 1. The summed E-state index contributed by atoms with van der Waals surface area (Å²) in [5.41, 5.74) is 0. The molecule has 0 spiro atoms. The smallest absolute Gasteiger partial charge is 0.242 e. The number of anilines is 1. The minimum atomic E-state index is 0.0743. The Morgan fingerprint density at radius 1 is 1.48 bits per heavy atom. The van der Waals surface area contributed by atoms with Crippen molar-refractivity contribution >= 4 is 11.7 Å². The molecule has 0 atom stereocenters. The monoisotopic (exact) mass is 292 g/mol. The summed E-state index contributed by atoms with van der Waals surface area (Å²) in [4.78, 5) is 20.4. The van der Waals surface area contributed by atoms with Crippen LogP contribution in [-0.4, -0.2) is 61.7 Å². The lowest BCUT2D eigenvalue weighted by Gasteiger charge is -2.30. The lowest BCUT2D eigenvalue weighted by atomic mass is 10.3. The summed E-state index contributed by atoms with van der Waals surface area (Å²) in [7, 11) is 1.87. The number of nitrogens with zero attached hydrogens (tertiary/aromatic N) is 3. The van der Waals surface area contributed by atoms with Gasteiger partial charge in [-0.3, -0.25) is 4.79 Å². The van der Waals surface area contributed by atoms with Gasteiger partial charge in [-0.25, -0.2) is 4.98 Å². The topological polar surface area (TPSA) is 57.7 Å². The van der Waals surface area contributed by atoms with Gasteiger partial charge in [-0.15, -0.1) is 0 Å². The molecular weight excluding hydrogens is 268 g/mol. The number of piperazine rings is 1. The highest BCUT2D eigenvalue weighted by atomic mass is 16.5. The fourth-order valence-corrected chi connectivity index (χ4v) is 2.31. The molecule has 1 amide bonds. The zero-order valence-corrected chi connectivity index (χ0v) is 13.0. The maximum Gasteiger partial charge on any atom is 0.242 e. The van der Waals surface area contributed by atoms with Crippen molar-refractivity contribution in [1.29, 1.82) is 0 Å². The van der Waals surface area contributed by atoms with Crippen LogP contribution >= 0.6 is 0 Å².